The molecule has 4 heterocycles. The lowest BCUT2D eigenvalue weighted by Gasteiger charge is -2.33. The molecule has 2 aliphatic rings. The van der Waals surface area contributed by atoms with E-state index in [1.165, 1.54) is 11.1 Å². The number of para-hydroxylation sites is 1. The van der Waals surface area contributed by atoms with E-state index in [1.54, 1.807) is 0 Å². The lowest BCUT2D eigenvalue weighted by atomic mass is 9.71. The quantitative estimate of drug-likeness (QED) is 0.537. The van der Waals surface area contributed by atoms with E-state index in [9.17, 15) is 0 Å². The highest BCUT2D eigenvalue weighted by Gasteiger charge is 2.34. The van der Waals surface area contributed by atoms with Gasteiger partial charge < -0.3 is 9.64 Å². The first-order valence-corrected chi connectivity index (χ1v) is 10.4. The fourth-order valence-electron chi connectivity index (χ4n) is 4.56. The molecular weight excluding hydrogens is 362 g/mol. The molecule has 4 aromatic rings. The maximum absolute atomic E-state index is 5.49. The summed E-state index contributed by atoms with van der Waals surface area (Å²) in [5, 5.41) is 5.70. The van der Waals surface area contributed by atoms with Crippen molar-refractivity contribution in [1.82, 2.24) is 19.6 Å². The Labute approximate surface area is 169 Å². The molecule has 0 N–H and O–H groups in total. The third kappa shape index (κ3) is 2.95. The molecule has 1 saturated carbocycles. The average molecular weight is 385 g/mol. The summed E-state index contributed by atoms with van der Waals surface area (Å²) in [4.78, 5) is 12.2. The Morgan fingerprint density at radius 3 is 2.59 bits per heavy atom. The first-order valence-electron chi connectivity index (χ1n) is 10.4. The summed E-state index contributed by atoms with van der Waals surface area (Å²) in [5.74, 6) is 0.994. The van der Waals surface area contributed by atoms with Crippen molar-refractivity contribution in [3.8, 4) is 0 Å². The van der Waals surface area contributed by atoms with Gasteiger partial charge in [-0.2, -0.15) is 5.10 Å². The Morgan fingerprint density at radius 1 is 0.862 bits per heavy atom. The minimum Gasteiger partial charge on any atom is -0.378 e. The molecule has 3 aromatic heterocycles. The van der Waals surface area contributed by atoms with E-state index in [1.807, 2.05) is 10.7 Å². The number of hydrogen-bond acceptors (Lipinski definition) is 5. The maximum atomic E-state index is 5.49. The molecule has 0 atom stereocenters. The largest absolute Gasteiger partial charge is 0.378 e. The van der Waals surface area contributed by atoms with Gasteiger partial charge in [0.1, 0.15) is 0 Å². The lowest BCUT2D eigenvalue weighted by Crippen LogP contribution is -2.36. The van der Waals surface area contributed by atoms with Crippen LogP contribution in [0.3, 0.4) is 0 Å². The fourth-order valence-corrected chi connectivity index (χ4v) is 4.56. The second-order valence-electron chi connectivity index (χ2n) is 8.04. The number of benzene rings is 1. The van der Waals surface area contributed by atoms with Gasteiger partial charge in [0, 0.05) is 36.0 Å². The Morgan fingerprint density at radius 2 is 1.69 bits per heavy atom. The number of rotatable bonds is 3. The van der Waals surface area contributed by atoms with Gasteiger partial charge in [0.15, 0.2) is 5.65 Å². The second-order valence-corrected chi connectivity index (χ2v) is 8.04. The van der Waals surface area contributed by atoms with Crippen LogP contribution in [0.5, 0.6) is 0 Å². The summed E-state index contributed by atoms with van der Waals surface area (Å²) in [7, 11) is 0. The van der Waals surface area contributed by atoms with Gasteiger partial charge in [0.25, 0.3) is 0 Å². The molecule has 6 heteroatoms. The van der Waals surface area contributed by atoms with Gasteiger partial charge in [-0.15, -0.1) is 0 Å². The van der Waals surface area contributed by atoms with Crippen molar-refractivity contribution in [3.05, 3.63) is 66.2 Å². The third-order valence-corrected chi connectivity index (χ3v) is 6.31. The number of ether oxygens (including phenoxy) is 1. The summed E-state index contributed by atoms with van der Waals surface area (Å²) in [5.41, 5.74) is 5.55. The van der Waals surface area contributed by atoms with Crippen molar-refractivity contribution >= 4 is 22.2 Å². The second kappa shape index (κ2) is 6.81. The van der Waals surface area contributed by atoms with Gasteiger partial charge in [-0.3, -0.25) is 4.98 Å². The fraction of sp³-hybridized carbons (Fsp3) is 0.348. The van der Waals surface area contributed by atoms with E-state index in [2.05, 4.69) is 58.7 Å². The third-order valence-electron chi connectivity index (χ3n) is 6.31. The van der Waals surface area contributed by atoms with Crippen LogP contribution in [0.1, 0.15) is 36.1 Å². The Hall–Kier alpha value is -2.99. The molecule has 6 rings (SSSR count). The van der Waals surface area contributed by atoms with E-state index in [0.29, 0.717) is 11.8 Å². The predicted octanol–water partition coefficient (Wildman–Crippen LogP) is 3.78. The summed E-state index contributed by atoms with van der Waals surface area (Å²) in [6.07, 6.45) is 6.17. The SMILES string of the molecule is c1ccc2nc(C3CC(c4cn5nccc(N6CCOCC6)c5n4)C3)ccc2c1. The molecule has 0 amide bonds. The minimum atomic E-state index is 0.479. The van der Waals surface area contributed by atoms with E-state index < -0.39 is 0 Å². The summed E-state index contributed by atoms with van der Waals surface area (Å²) < 4.78 is 7.43. The average Bonchev–Trinajstić information content (AvgIpc) is 3.17. The molecule has 0 radical (unpaired) electrons. The van der Waals surface area contributed by atoms with Crippen molar-refractivity contribution in [2.24, 2.45) is 0 Å². The Bertz CT molecular complexity index is 1170. The van der Waals surface area contributed by atoms with Gasteiger partial charge in [-0.1, -0.05) is 24.3 Å². The Balaban J connectivity index is 1.24. The zero-order valence-electron chi connectivity index (χ0n) is 16.2. The summed E-state index contributed by atoms with van der Waals surface area (Å²) in [6, 6.07) is 14.8. The zero-order valence-corrected chi connectivity index (χ0v) is 16.2. The number of anilines is 1. The molecule has 6 nitrogen and oxygen atoms in total. The number of nitrogens with zero attached hydrogens (tertiary/aromatic N) is 5. The van der Waals surface area contributed by atoms with Gasteiger partial charge >= 0.3 is 0 Å². The summed E-state index contributed by atoms with van der Waals surface area (Å²) >= 11 is 0. The summed E-state index contributed by atoms with van der Waals surface area (Å²) in [6.45, 7) is 3.35. The molecule has 0 unspecified atom stereocenters. The molecular formula is C23H23N5O. The Kier molecular flexibility index (Phi) is 3.97. The van der Waals surface area contributed by atoms with Crippen LogP contribution in [0.2, 0.25) is 0 Å². The van der Waals surface area contributed by atoms with Crippen LogP contribution < -0.4 is 4.90 Å². The number of pyridine rings is 1. The first-order chi connectivity index (χ1) is 14.3. The van der Waals surface area contributed by atoms with Crippen molar-refractivity contribution in [2.75, 3.05) is 31.2 Å². The van der Waals surface area contributed by atoms with Crippen LogP contribution in [-0.4, -0.2) is 45.9 Å². The smallest absolute Gasteiger partial charge is 0.177 e. The van der Waals surface area contributed by atoms with Crippen LogP contribution in [0.15, 0.2) is 54.9 Å². The van der Waals surface area contributed by atoms with E-state index in [0.717, 1.165) is 61.7 Å². The number of fused-ring (bicyclic) bond motifs is 2. The predicted molar refractivity (Wildman–Crippen MR) is 112 cm³/mol. The van der Waals surface area contributed by atoms with Crippen LogP contribution in [-0.2, 0) is 4.74 Å². The topological polar surface area (TPSA) is 55.5 Å². The van der Waals surface area contributed by atoms with Crippen LogP contribution in [0.4, 0.5) is 5.69 Å². The monoisotopic (exact) mass is 385 g/mol. The standard InChI is InChI=1S/C23H23N5O/c1-2-4-19-16(3-1)5-6-20(25-19)17-13-18(14-17)21-15-28-23(26-21)22(7-8-24-28)27-9-11-29-12-10-27/h1-8,15,17-18H,9-14H2. The molecule has 1 aliphatic heterocycles. The number of morpholine rings is 1. The van der Waals surface area contributed by atoms with Crippen LogP contribution in [0, 0.1) is 0 Å². The van der Waals surface area contributed by atoms with Crippen molar-refractivity contribution in [3.63, 3.8) is 0 Å². The maximum Gasteiger partial charge on any atom is 0.177 e. The van der Waals surface area contributed by atoms with Gasteiger partial charge in [-0.05, 0) is 31.0 Å². The van der Waals surface area contributed by atoms with Crippen molar-refractivity contribution in [1.29, 1.82) is 0 Å². The number of aromatic nitrogens is 4. The first kappa shape index (κ1) is 16.9. The van der Waals surface area contributed by atoms with Crippen molar-refractivity contribution < 1.29 is 4.74 Å². The van der Waals surface area contributed by atoms with E-state index >= 15 is 0 Å². The number of hydrogen-bond donors (Lipinski definition) is 0. The molecule has 1 aliphatic carbocycles. The molecule has 2 fully saturated rings. The molecule has 1 saturated heterocycles. The van der Waals surface area contributed by atoms with E-state index in [-0.39, 0.29) is 0 Å². The highest BCUT2D eigenvalue weighted by molar-refractivity contribution is 5.78. The van der Waals surface area contributed by atoms with Gasteiger partial charge in [-0.25, -0.2) is 9.50 Å². The van der Waals surface area contributed by atoms with Crippen molar-refractivity contribution in [2.45, 2.75) is 24.7 Å². The minimum absolute atomic E-state index is 0.479. The number of imidazole rings is 1. The van der Waals surface area contributed by atoms with E-state index in [4.69, 9.17) is 14.7 Å². The molecule has 146 valence electrons. The zero-order chi connectivity index (χ0) is 19.2. The lowest BCUT2D eigenvalue weighted by molar-refractivity contribution is 0.123. The highest BCUT2D eigenvalue weighted by atomic mass is 16.5. The van der Waals surface area contributed by atoms with Gasteiger partial charge in [0.05, 0.1) is 42.5 Å². The molecule has 29 heavy (non-hydrogen) atoms. The normalized spacial score (nSPS) is 22.1. The van der Waals surface area contributed by atoms with Crippen LogP contribution in [0.25, 0.3) is 16.6 Å². The highest BCUT2D eigenvalue weighted by Crippen LogP contribution is 2.47. The molecule has 0 bridgehead atoms. The molecule has 1 aromatic carbocycles. The van der Waals surface area contributed by atoms with Crippen LogP contribution >= 0.6 is 0 Å². The van der Waals surface area contributed by atoms with Gasteiger partial charge in [0.2, 0.25) is 0 Å². The molecule has 0 spiro atoms.